The van der Waals surface area contributed by atoms with Crippen LogP contribution in [0.5, 0.6) is 0 Å². The van der Waals surface area contributed by atoms with Gasteiger partial charge in [0.1, 0.15) is 0 Å². The van der Waals surface area contributed by atoms with E-state index in [9.17, 15) is 0 Å². The maximum Gasteiger partial charge on any atom is 0.0897 e. The molecule has 0 spiro atoms. The zero-order chi connectivity index (χ0) is 14.7. The molecule has 0 saturated heterocycles. The van der Waals surface area contributed by atoms with Gasteiger partial charge >= 0.3 is 0 Å². The summed E-state index contributed by atoms with van der Waals surface area (Å²) in [5.74, 6) is 0. The first kappa shape index (κ1) is 15.5. The monoisotopic (exact) mass is 312 g/mol. The van der Waals surface area contributed by atoms with Crippen molar-refractivity contribution in [1.29, 1.82) is 0 Å². The van der Waals surface area contributed by atoms with Crippen LogP contribution in [0.2, 0.25) is 5.02 Å². The maximum atomic E-state index is 6.44. The number of rotatable bonds is 6. The number of nitrogens with zero attached hydrogens (tertiary/aromatic N) is 3. The minimum Gasteiger partial charge on any atom is -0.309 e. The Morgan fingerprint density at radius 1 is 1.45 bits per heavy atom. The van der Waals surface area contributed by atoms with Gasteiger partial charge < -0.3 is 5.32 Å². The number of aryl methyl sites for hydroxylation is 3. The molecule has 0 fully saturated rings. The van der Waals surface area contributed by atoms with E-state index in [-0.39, 0.29) is 6.04 Å². The largest absolute Gasteiger partial charge is 0.309 e. The van der Waals surface area contributed by atoms with Gasteiger partial charge in [0.15, 0.2) is 0 Å². The topological polar surface area (TPSA) is 42.7 Å². The van der Waals surface area contributed by atoms with Gasteiger partial charge in [-0.15, -0.1) is 11.3 Å². The molecule has 20 heavy (non-hydrogen) atoms. The summed E-state index contributed by atoms with van der Waals surface area (Å²) in [7, 11) is 1.96. The van der Waals surface area contributed by atoms with Crippen molar-refractivity contribution in [3.8, 4) is 0 Å². The molecule has 2 rings (SSSR count). The van der Waals surface area contributed by atoms with Crippen LogP contribution in [0, 0.1) is 6.92 Å². The average Bonchev–Trinajstić information content (AvgIpc) is 2.96. The second-order valence-corrected chi connectivity index (χ2v) is 6.42. The van der Waals surface area contributed by atoms with Crippen LogP contribution in [0.15, 0.2) is 6.20 Å². The normalized spacial score (nSPS) is 12.8. The summed E-state index contributed by atoms with van der Waals surface area (Å²) in [6.07, 6.45) is 3.65. The average molecular weight is 313 g/mol. The van der Waals surface area contributed by atoms with Crippen molar-refractivity contribution in [1.82, 2.24) is 20.1 Å². The highest BCUT2D eigenvalue weighted by atomic mass is 35.5. The smallest absolute Gasteiger partial charge is 0.0897 e. The summed E-state index contributed by atoms with van der Waals surface area (Å²) in [5, 5.41) is 9.89. The lowest BCUT2D eigenvalue weighted by atomic mass is 10.1. The fourth-order valence-corrected chi connectivity index (χ4v) is 3.53. The molecule has 0 aromatic carbocycles. The lowest BCUT2D eigenvalue weighted by Crippen LogP contribution is -2.23. The minimum atomic E-state index is 0.240. The van der Waals surface area contributed by atoms with E-state index in [4.69, 9.17) is 11.6 Å². The van der Waals surface area contributed by atoms with E-state index in [2.05, 4.69) is 29.2 Å². The number of nitrogens with one attached hydrogen (secondary N) is 1. The highest BCUT2D eigenvalue weighted by Crippen LogP contribution is 2.28. The molecule has 2 aromatic heterocycles. The molecule has 0 aliphatic heterocycles. The fraction of sp³-hybridized carbons (Fsp3) is 0.571. The van der Waals surface area contributed by atoms with Crippen molar-refractivity contribution in [3.05, 3.63) is 32.5 Å². The third-order valence-corrected chi connectivity index (χ3v) is 4.80. The van der Waals surface area contributed by atoms with Crippen molar-refractivity contribution in [3.63, 3.8) is 0 Å². The molecule has 1 atom stereocenters. The summed E-state index contributed by atoms with van der Waals surface area (Å²) >= 11 is 8.18. The van der Waals surface area contributed by atoms with Crippen LogP contribution in [0.3, 0.4) is 0 Å². The van der Waals surface area contributed by atoms with Crippen LogP contribution in [0.25, 0.3) is 0 Å². The van der Waals surface area contributed by atoms with E-state index < -0.39 is 0 Å². The SMILES string of the molecule is CCNC(Cc1c(Cl)c(CC)nn1C)c1cnc(C)s1. The van der Waals surface area contributed by atoms with Gasteiger partial charge in [0, 0.05) is 30.6 Å². The van der Waals surface area contributed by atoms with Crippen LogP contribution in [-0.2, 0) is 19.9 Å². The van der Waals surface area contributed by atoms with E-state index in [0.29, 0.717) is 0 Å². The number of hydrogen-bond donors (Lipinski definition) is 1. The summed E-state index contributed by atoms with van der Waals surface area (Å²) in [6, 6.07) is 0.240. The minimum absolute atomic E-state index is 0.240. The highest BCUT2D eigenvalue weighted by molar-refractivity contribution is 7.11. The van der Waals surface area contributed by atoms with Gasteiger partial charge in [-0.25, -0.2) is 4.98 Å². The molecule has 2 aromatic rings. The Labute approximate surface area is 129 Å². The summed E-state index contributed by atoms with van der Waals surface area (Å²) in [6.45, 7) is 7.14. The van der Waals surface area contributed by atoms with E-state index >= 15 is 0 Å². The predicted molar refractivity (Wildman–Crippen MR) is 84.6 cm³/mol. The van der Waals surface area contributed by atoms with Gasteiger partial charge in [-0.05, 0) is 19.9 Å². The van der Waals surface area contributed by atoms with Crippen molar-refractivity contribution in [2.45, 2.75) is 39.7 Å². The molecule has 0 saturated carbocycles. The standard InChI is InChI=1S/C14H21ClN4S/c1-5-10-14(15)12(19(4)18-10)7-11(16-6-2)13-8-17-9(3)20-13/h8,11,16H,5-7H2,1-4H3. The molecule has 0 aliphatic carbocycles. The third-order valence-electron chi connectivity index (χ3n) is 3.33. The van der Waals surface area contributed by atoms with Crippen molar-refractivity contribution < 1.29 is 0 Å². The Hall–Kier alpha value is -0.910. The van der Waals surface area contributed by atoms with Crippen molar-refractivity contribution in [2.75, 3.05) is 6.54 Å². The number of likely N-dealkylation sites (N-methyl/N-ethyl adjacent to an activating group) is 1. The second kappa shape index (κ2) is 6.70. The van der Waals surface area contributed by atoms with Crippen molar-refractivity contribution >= 4 is 22.9 Å². The molecule has 110 valence electrons. The van der Waals surface area contributed by atoms with E-state index in [1.54, 1.807) is 11.3 Å². The van der Waals surface area contributed by atoms with Gasteiger partial charge in [0.25, 0.3) is 0 Å². The van der Waals surface area contributed by atoms with Gasteiger partial charge in [-0.3, -0.25) is 4.68 Å². The molecule has 0 aliphatic rings. The summed E-state index contributed by atoms with van der Waals surface area (Å²) in [4.78, 5) is 5.60. The first-order valence-electron chi connectivity index (χ1n) is 6.92. The number of aromatic nitrogens is 3. The number of hydrogen-bond acceptors (Lipinski definition) is 4. The van der Waals surface area contributed by atoms with Crippen LogP contribution in [0.4, 0.5) is 0 Å². The Bertz CT molecular complexity index is 576. The molecule has 2 heterocycles. The highest BCUT2D eigenvalue weighted by Gasteiger charge is 2.20. The molecule has 0 bridgehead atoms. The van der Waals surface area contributed by atoms with Crippen LogP contribution in [0.1, 0.15) is 41.2 Å². The fourth-order valence-electron chi connectivity index (χ4n) is 2.29. The zero-order valence-corrected chi connectivity index (χ0v) is 14.0. The zero-order valence-electron chi connectivity index (χ0n) is 12.4. The lowest BCUT2D eigenvalue weighted by Gasteiger charge is -2.16. The first-order chi connectivity index (χ1) is 9.56. The second-order valence-electron chi connectivity index (χ2n) is 4.78. The molecular weight excluding hydrogens is 292 g/mol. The molecular formula is C14H21ClN4S. The van der Waals surface area contributed by atoms with Crippen LogP contribution in [-0.4, -0.2) is 21.3 Å². The maximum absolute atomic E-state index is 6.44. The van der Waals surface area contributed by atoms with E-state index in [1.807, 2.05) is 24.9 Å². The van der Waals surface area contributed by atoms with E-state index in [1.165, 1.54) is 4.88 Å². The molecule has 6 heteroatoms. The van der Waals surface area contributed by atoms with Gasteiger partial charge in [0.05, 0.1) is 21.4 Å². The molecule has 0 radical (unpaired) electrons. The van der Waals surface area contributed by atoms with Crippen LogP contribution >= 0.6 is 22.9 Å². The predicted octanol–water partition coefficient (Wildman–Crippen LogP) is 3.29. The molecule has 1 unspecified atom stereocenters. The summed E-state index contributed by atoms with van der Waals surface area (Å²) < 4.78 is 1.90. The van der Waals surface area contributed by atoms with Gasteiger partial charge in [-0.2, -0.15) is 5.10 Å². The Kier molecular flexibility index (Phi) is 5.18. The van der Waals surface area contributed by atoms with Crippen LogP contribution < -0.4 is 5.32 Å². The Balaban J connectivity index is 2.26. The molecule has 4 nitrogen and oxygen atoms in total. The van der Waals surface area contributed by atoms with E-state index in [0.717, 1.165) is 40.8 Å². The quantitative estimate of drug-likeness (QED) is 0.890. The summed E-state index contributed by atoms with van der Waals surface area (Å²) in [5.41, 5.74) is 2.06. The Morgan fingerprint density at radius 3 is 2.70 bits per heavy atom. The van der Waals surface area contributed by atoms with Gasteiger partial charge in [0.2, 0.25) is 0 Å². The lowest BCUT2D eigenvalue weighted by molar-refractivity contribution is 0.535. The van der Waals surface area contributed by atoms with Crippen molar-refractivity contribution in [2.24, 2.45) is 7.05 Å². The Morgan fingerprint density at radius 2 is 2.20 bits per heavy atom. The number of thiazole rings is 1. The first-order valence-corrected chi connectivity index (χ1v) is 8.12. The molecule has 1 N–H and O–H groups in total. The molecule has 0 amide bonds. The van der Waals surface area contributed by atoms with Gasteiger partial charge in [-0.1, -0.05) is 25.4 Å². The number of halogens is 1. The third kappa shape index (κ3) is 3.22.